The molecule has 2 aliphatic rings. The lowest BCUT2D eigenvalue weighted by Crippen LogP contribution is -2.43. The lowest BCUT2D eigenvalue weighted by Gasteiger charge is -2.28. The smallest absolute Gasteiger partial charge is 0.150 e. The van der Waals surface area contributed by atoms with Gasteiger partial charge in [-0.05, 0) is 30.0 Å². The summed E-state index contributed by atoms with van der Waals surface area (Å²) in [7, 11) is 0. The summed E-state index contributed by atoms with van der Waals surface area (Å²) in [6.45, 7) is 2.05. The first-order chi connectivity index (χ1) is 14.8. The van der Waals surface area contributed by atoms with Crippen LogP contribution in [0.3, 0.4) is 0 Å². The van der Waals surface area contributed by atoms with Gasteiger partial charge in [-0.25, -0.2) is 15.0 Å². The van der Waals surface area contributed by atoms with E-state index in [1.807, 2.05) is 24.4 Å². The average Bonchev–Trinajstić information content (AvgIpc) is 3.43. The Morgan fingerprint density at radius 1 is 1.00 bits per heavy atom. The Morgan fingerprint density at radius 2 is 1.97 bits per heavy atom. The zero-order chi connectivity index (χ0) is 19.9. The molecule has 2 fully saturated rings. The molecule has 0 aliphatic carbocycles. The summed E-state index contributed by atoms with van der Waals surface area (Å²) in [6.07, 6.45) is 8.10. The molecule has 2 bridgehead atoms. The zero-order valence-electron chi connectivity index (χ0n) is 16.4. The largest absolute Gasteiger partial charge is 0.351 e. The maximum atomic E-state index is 4.94. The molecular weight excluding hydrogens is 374 g/mol. The molecule has 2 unspecified atom stereocenters. The van der Waals surface area contributed by atoms with E-state index in [0.29, 0.717) is 17.9 Å². The van der Waals surface area contributed by atoms with E-state index >= 15 is 0 Å². The summed E-state index contributed by atoms with van der Waals surface area (Å²) < 4.78 is 0. The fourth-order valence-corrected chi connectivity index (χ4v) is 4.54. The molecule has 2 saturated heterocycles. The van der Waals surface area contributed by atoms with Gasteiger partial charge in [-0.3, -0.25) is 4.98 Å². The molecule has 4 aromatic rings. The van der Waals surface area contributed by atoms with Crippen molar-refractivity contribution in [3.8, 4) is 11.3 Å². The zero-order valence-corrected chi connectivity index (χ0v) is 16.4. The van der Waals surface area contributed by atoms with Crippen LogP contribution in [0.5, 0.6) is 0 Å². The summed E-state index contributed by atoms with van der Waals surface area (Å²) >= 11 is 0. The van der Waals surface area contributed by atoms with Gasteiger partial charge in [0.25, 0.3) is 0 Å². The second-order valence-corrected chi connectivity index (χ2v) is 7.84. The van der Waals surface area contributed by atoms with Crippen molar-refractivity contribution in [1.29, 1.82) is 0 Å². The summed E-state index contributed by atoms with van der Waals surface area (Å²) in [5.41, 5.74) is 2.00. The summed E-state index contributed by atoms with van der Waals surface area (Å²) in [6, 6.07) is 15.7. The van der Waals surface area contributed by atoms with Crippen LogP contribution in [0.1, 0.15) is 6.42 Å². The van der Waals surface area contributed by atoms with E-state index in [1.165, 1.54) is 6.42 Å². The number of hydrogen-bond donors (Lipinski definition) is 2. The first-order valence-electron chi connectivity index (χ1n) is 10.2. The van der Waals surface area contributed by atoms with E-state index in [1.54, 1.807) is 18.6 Å². The molecule has 0 spiro atoms. The van der Waals surface area contributed by atoms with Crippen LogP contribution in [-0.2, 0) is 0 Å². The second-order valence-electron chi connectivity index (χ2n) is 7.84. The van der Waals surface area contributed by atoms with E-state index in [9.17, 15) is 0 Å². The van der Waals surface area contributed by atoms with E-state index < -0.39 is 0 Å². The van der Waals surface area contributed by atoms with Crippen molar-refractivity contribution in [1.82, 2.24) is 25.3 Å². The molecule has 3 aromatic heterocycles. The van der Waals surface area contributed by atoms with Crippen molar-refractivity contribution < 1.29 is 0 Å². The molecule has 0 saturated carbocycles. The van der Waals surface area contributed by atoms with Gasteiger partial charge in [-0.1, -0.05) is 24.3 Å². The first-order valence-corrected chi connectivity index (χ1v) is 10.2. The average molecular weight is 395 g/mol. The Bertz CT molecular complexity index is 1210. The van der Waals surface area contributed by atoms with Crippen molar-refractivity contribution in [3.05, 3.63) is 67.3 Å². The number of fused-ring (bicyclic) bond motifs is 3. The van der Waals surface area contributed by atoms with Crippen LogP contribution in [0, 0.1) is 0 Å². The molecule has 5 heterocycles. The fraction of sp³-hybridized carbons (Fsp3) is 0.217. The lowest BCUT2D eigenvalue weighted by molar-refractivity contribution is 0.576. The summed E-state index contributed by atoms with van der Waals surface area (Å²) in [4.78, 5) is 20.5. The predicted octanol–water partition coefficient (Wildman–Crippen LogP) is 3.38. The molecule has 7 nitrogen and oxygen atoms in total. The van der Waals surface area contributed by atoms with Gasteiger partial charge >= 0.3 is 0 Å². The molecule has 2 N–H and O–H groups in total. The third kappa shape index (κ3) is 3.04. The molecule has 30 heavy (non-hydrogen) atoms. The number of pyridine rings is 2. The molecule has 148 valence electrons. The summed E-state index contributed by atoms with van der Waals surface area (Å²) in [5, 5.41) is 9.07. The third-order valence-corrected chi connectivity index (χ3v) is 5.93. The van der Waals surface area contributed by atoms with Crippen LogP contribution in [0.25, 0.3) is 22.0 Å². The molecule has 0 amide bonds. The number of aromatic nitrogens is 4. The van der Waals surface area contributed by atoms with Crippen molar-refractivity contribution in [2.24, 2.45) is 0 Å². The van der Waals surface area contributed by atoms with E-state index in [0.717, 1.165) is 46.8 Å². The van der Waals surface area contributed by atoms with Crippen LogP contribution < -0.4 is 15.5 Å². The Morgan fingerprint density at radius 3 is 2.80 bits per heavy atom. The number of nitrogens with zero attached hydrogens (tertiary/aromatic N) is 5. The minimum atomic E-state index is 0.534. The van der Waals surface area contributed by atoms with Crippen molar-refractivity contribution >= 4 is 28.2 Å². The normalized spacial score (nSPS) is 20.1. The molecule has 2 aliphatic heterocycles. The van der Waals surface area contributed by atoms with E-state index in [4.69, 9.17) is 4.98 Å². The number of piperazine rings is 1. The van der Waals surface area contributed by atoms with Crippen LogP contribution in [0.2, 0.25) is 0 Å². The maximum Gasteiger partial charge on any atom is 0.150 e. The SMILES string of the molecule is c1ccc2c(-c3ccnc(N4CC5CC4CN5)c3)nc(Nc3cnccn3)cc2c1. The van der Waals surface area contributed by atoms with E-state index in [2.05, 4.69) is 54.8 Å². The number of hydrogen-bond acceptors (Lipinski definition) is 7. The van der Waals surface area contributed by atoms with Gasteiger partial charge in [0, 0.05) is 54.7 Å². The first kappa shape index (κ1) is 17.3. The van der Waals surface area contributed by atoms with Gasteiger partial charge in [0.1, 0.15) is 17.5 Å². The number of rotatable bonds is 4. The number of benzene rings is 1. The summed E-state index contributed by atoms with van der Waals surface area (Å²) in [5.74, 6) is 2.44. The quantitative estimate of drug-likeness (QED) is 0.548. The minimum Gasteiger partial charge on any atom is -0.351 e. The number of nitrogens with one attached hydrogen (secondary N) is 2. The van der Waals surface area contributed by atoms with Gasteiger partial charge in [0.05, 0.1) is 11.9 Å². The van der Waals surface area contributed by atoms with Crippen molar-refractivity contribution in [2.75, 3.05) is 23.3 Å². The highest BCUT2D eigenvalue weighted by Crippen LogP contribution is 2.33. The van der Waals surface area contributed by atoms with E-state index in [-0.39, 0.29) is 0 Å². The Kier molecular flexibility index (Phi) is 4.06. The molecule has 6 rings (SSSR count). The Labute approximate surface area is 174 Å². The van der Waals surface area contributed by atoms with Gasteiger partial charge in [-0.15, -0.1) is 0 Å². The monoisotopic (exact) mass is 395 g/mol. The van der Waals surface area contributed by atoms with Gasteiger partial charge in [0.15, 0.2) is 0 Å². The maximum absolute atomic E-state index is 4.94. The molecule has 7 heteroatoms. The molecule has 0 radical (unpaired) electrons. The van der Waals surface area contributed by atoms with Crippen LogP contribution in [0.15, 0.2) is 67.3 Å². The Balaban J connectivity index is 1.43. The Hall–Kier alpha value is -3.58. The third-order valence-electron chi connectivity index (χ3n) is 5.93. The van der Waals surface area contributed by atoms with Crippen molar-refractivity contribution in [2.45, 2.75) is 18.5 Å². The fourth-order valence-electron chi connectivity index (χ4n) is 4.54. The standard InChI is InChI=1S/C23H21N7/c1-2-4-19-15(3-1)9-20(28-21-13-24-7-8-25-21)29-23(19)16-5-6-26-22(10-16)30-14-17-11-18(30)12-27-17/h1-10,13,17-18,27H,11-12,14H2,(H,25,28,29). The van der Waals surface area contributed by atoms with Crippen LogP contribution >= 0.6 is 0 Å². The van der Waals surface area contributed by atoms with Gasteiger partial charge in [-0.2, -0.15) is 0 Å². The van der Waals surface area contributed by atoms with Crippen LogP contribution in [0.4, 0.5) is 17.5 Å². The highest BCUT2D eigenvalue weighted by molar-refractivity contribution is 5.96. The van der Waals surface area contributed by atoms with Crippen LogP contribution in [-0.4, -0.2) is 45.1 Å². The predicted molar refractivity (Wildman–Crippen MR) is 118 cm³/mol. The van der Waals surface area contributed by atoms with Crippen molar-refractivity contribution in [3.63, 3.8) is 0 Å². The molecule has 2 atom stereocenters. The topological polar surface area (TPSA) is 78.9 Å². The second kappa shape index (κ2) is 7.03. The minimum absolute atomic E-state index is 0.534. The number of anilines is 3. The highest BCUT2D eigenvalue weighted by Gasteiger charge is 2.38. The molecular formula is C23H21N7. The van der Waals surface area contributed by atoms with Gasteiger partial charge in [0.2, 0.25) is 0 Å². The highest BCUT2D eigenvalue weighted by atomic mass is 15.3. The molecule has 1 aromatic carbocycles. The van der Waals surface area contributed by atoms with Gasteiger partial charge < -0.3 is 15.5 Å². The lowest BCUT2D eigenvalue weighted by atomic mass is 10.0.